The molecule has 1 saturated heterocycles. The van der Waals surface area contributed by atoms with Gasteiger partial charge in [-0.3, -0.25) is 4.79 Å². The lowest BCUT2D eigenvalue weighted by atomic mass is 10.1. The highest BCUT2D eigenvalue weighted by Gasteiger charge is 2.47. The fraction of sp³-hybridized carbons (Fsp3) is 0.444. The number of rotatable bonds is 5. The Morgan fingerprint density at radius 3 is 2.69 bits per heavy atom. The number of amides is 1. The van der Waals surface area contributed by atoms with E-state index in [2.05, 4.69) is 10.6 Å². The second kappa shape index (κ2) is 7.77. The molecule has 3 atom stereocenters. The Morgan fingerprint density at radius 1 is 1.17 bits per heavy atom. The summed E-state index contributed by atoms with van der Waals surface area (Å²) in [6.45, 7) is 1.47. The molecule has 0 radical (unpaired) electrons. The van der Waals surface area contributed by atoms with Gasteiger partial charge in [0, 0.05) is 49.2 Å². The van der Waals surface area contributed by atoms with Gasteiger partial charge in [0.05, 0.1) is 18.3 Å². The maximum atomic E-state index is 15.5. The summed E-state index contributed by atoms with van der Waals surface area (Å²) in [5, 5.41) is 0.982. The van der Waals surface area contributed by atoms with Crippen LogP contribution in [0.2, 0.25) is 0 Å². The number of likely N-dealkylation sites (tertiary alicyclic amines) is 1. The van der Waals surface area contributed by atoms with E-state index in [1.54, 1.807) is 17.7 Å². The molecule has 1 aliphatic heterocycles. The Hall–Kier alpha value is -3.46. The zero-order valence-electron chi connectivity index (χ0n) is 20.4. The van der Waals surface area contributed by atoms with Crippen LogP contribution in [0.5, 0.6) is 5.88 Å². The van der Waals surface area contributed by atoms with Crippen molar-refractivity contribution in [1.82, 2.24) is 24.0 Å². The number of carbonyl (C=O) groups excluding carboxylic acids is 1. The van der Waals surface area contributed by atoms with Crippen LogP contribution in [0.25, 0.3) is 33.6 Å². The van der Waals surface area contributed by atoms with E-state index < -0.39 is 5.82 Å². The average molecular weight is 489 g/mol. The second-order valence-corrected chi connectivity index (χ2v) is 10.6. The second-order valence-electron chi connectivity index (χ2n) is 10.6. The predicted octanol–water partition coefficient (Wildman–Crippen LogP) is 3.71. The lowest BCUT2D eigenvalue weighted by Crippen LogP contribution is -2.41. The van der Waals surface area contributed by atoms with Crippen molar-refractivity contribution in [2.75, 3.05) is 13.7 Å². The maximum absolute atomic E-state index is 15.5. The van der Waals surface area contributed by atoms with Crippen LogP contribution in [0, 0.1) is 17.7 Å². The SMILES string of the molecule is COc1ccc2cc(-c3nc4cc(C(=O)N5C[C@H]6CC[C@@H]5C6N)cc(F)c4n3C)n(CC3CC3)c2n1. The molecule has 4 heterocycles. The number of nitrogens with two attached hydrogens (primary N) is 1. The minimum Gasteiger partial charge on any atom is -0.481 e. The first-order valence-electron chi connectivity index (χ1n) is 12.7. The summed E-state index contributed by atoms with van der Waals surface area (Å²) in [5.74, 6) is 1.53. The van der Waals surface area contributed by atoms with Crippen LogP contribution >= 0.6 is 0 Å². The molecule has 2 saturated carbocycles. The lowest BCUT2D eigenvalue weighted by Gasteiger charge is -2.27. The number of carbonyl (C=O) groups is 1. The first-order chi connectivity index (χ1) is 17.4. The molecular weight excluding hydrogens is 459 g/mol. The zero-order chi connectivity index (χ0) is 24.7. The van der Waals surface area contributed by atoms with E-state index in [9.17, 15) is 4.79 Å². The standard InChI is InChI=1S/C27H29FN6O2/c1-32-24-18(28)9-17(27(35)34-13-16-5-7-20(34)23(16)29)10-19(24)30-26(32)21-11-15-6-8-22(36-2)31-25(15)33(21)12-14-3-4-14/h6,8-11,14,16,20,23H,3-5,7,12-13,29H2,1-2H3/t16-,20-,23?/m1/s1. The Kier molecular flexibility index (Phi) is 4.70. The van der Waals surface area contributed by atoms with Crippen molar-refractivity contribution in [2.24, 2.45) is 24.6 Å². The van der Waals surface area contributed by atoms with Gasteiger partial charge in [-0.2, -0.15) is 4.98 Å². The van der Waals surface area contributed by atoms with Gasteiger partial charge in [-0.15, -0.1) is 0 Å². The van der Waals surface area contributed by atoms with Gasteiger partial charge in [0.25, 0.3) is 5.91 Å². The molecule has 3 fully saturated rings. The number of nitrogens with zero attached hydrogens (tertiary/aromatic N) is 5. The number of hydrogen-bond donors (Lipinski definition) is 1. The smallest absolute Gasteiger partial charge is 0.254 e. The van der Waals surface area contributed by atoms with Crippen LogP contribution in [-0.2, 0) is 13.6 Å². The molecule has 1 amide bonds. The van der Waals surface area contributed by atoms with Crippen LogP contribution in [0.1, 0.15) is 36.0 Å². The van der Waals surface area contributed by atoms with Crippen LogP contribution in [0.3, 0.4) is 0 Å². The third-order valence-electron chi connectivity index (χ3n) is 8.38. The number of aromatic nitrogens is 4. The molecule has 8 nitrogen and oxygen atoms in total. The largest absolute Gasteiger partial charge is 0.481 e. The number of benzene rings is 1. The third-order valence-corrected chi connectivity index (χ3v) is 8.38. The topological polar surface area (TPSA) is 91.2 Å². The number of pyridine rings is 1. The van der Waals surface area contributed by atoms with Crippen molar-refractivity contribution in [1.29, 1.82) is 0 Å². The molecule has 2 N–H and O–H groups in total. The molecule has 2 aliphatic carbocycles. The summed E-state index contributed by atoms with van der Waals surface area (Å²) >= 11 is 0. The number of methoxy groups -OCH3 is 1. The molecule has 2 bridgehead atoms. The van der Waals surface area contributed by atoms with E-state index in [-0.39, 0.29) is 18.0 Å². The number of piperidine rings is 1. The van der Waals surface area contributed by atoms with Crippen molar-refractivity contribution in [3.63, 3.8) is 0 Å². The lowest BCUT2D eigenvalue weighted by molar-refractivity contribution is 0.0700. The number of imidazole rings is 1. The molecule has 1 aromatic carbocycles. The third kappa shape index (κ3) is 3.18. The minimum absolute atomic E-state index is 0.0181. The fourth-order valence-electron chi connectivity index (χ4n) is 6.25. The van der Waals surface area contributed by atoms with Crippen LogP contribution < -0.4 is 10.5 Å². The first-order valence-corrected chi connectivity index (χ1v) is 12.7. The molecule has 3 aliphatic rings. The summed E-state index contributed by atoms with van der Waals surface area (Å²) in [4.78, 5) is 24.7. The van der Waals surface area contributed by atoms with Gasteiger partial charge in [0.2, 0.25) is 5.88 Å². The van der Waals surface area contributed by atoms with Crippen LogP contribution in [0.4, 0.5) is 4.39 Å². The summed E-state index contributed by atoms with van der Waals surface area (Å²) < 4.78 is 24.8. The quantitative estimate of drug-likeness (QED) is 0.463. The van der Waals surface area contributed by atoms with E-state index in [1.165, 1.54) is 18.9 Å². The first kappa shape index (κ1) is 21.8. The highest BCUT2D eigenvalue weighted by atomic mass is 19.1. The molecule has 36 heavy (non-hydrogen) atoms. The molecule has 0 spiro atoms. The Labute approximate surface area is 207 Å². The van der Waals surface area contributed by atoms with E-state index in [4.69, 9.17) is 20.4 Å². The maximum Gasteiger partial charge on any atom is 0.254 e. The van der Waals surface area contributed by atoms with E-state index in [0.717, 1.165) is 36.1 Å². The van der Waals surface area contributed by atoms with Gasteiger partial charge < -0.3 is 24.5 Å². The normalized spacial score (nSPS) is 23.3. The monoisotopic (exact) mass is 488 g/mol. The minimum atomic E-state index is -0.449. The molecule has 4 aromatic rings. The Morgan fingerprint density at radius 2 is 2.00 bits per heavy atom. The van der Waals surface area contributed by atoms with Crippen molar-refractivity contribution in [3.8, 4) is 17.4 Å². The van der Waals surface area contributed by atoms with Gasteiger partial charge in [-0.25, -0.2) is 9.37 Å². The van der Waals surface area contributed by atoms with Gasteiger partial charge in [-0.1, -0.05) is 0 Å². The van der Waals surface area contributed by atoms with Crippen molar-refractivity contribution in [2.45, 2.75) is 44.3 Å². The summed E-state index contributed by atoms with van der Waals surface area (Å²) in [6.07, 6.45) is 4.35. The number of halogens is 1. The molecule has 186 valence electrons. The fourth-order valence-corrected chi connectivity index (χ4v) is 6.25. The molecule has 7 rings (SSSR count). The number of hydrogen-bond acceptors (Lipinski definition) is 5. The van der Waals surface area contributed by atoms with Crippen molar-refractivity contribution >= 4 is 28.0 Å². The Bertz CT molecular complexity index is 1540. The number of fused-ring (bicyclic) bond motifs is 4. The molecular formula is C27H29FN6O2. The summed E-state index contributed by atoms with van der Waals surface area (Å²) in [6, 6.07) is 9.02. The number of aryl methyl sites for hydroxylation is 1. The predicted molar refractivity (Wildman–Crippen MR) is 134 cm³/mol. The highest BCUT2D eigenvalue weighted by Crippen LogP contribution is 2.39. The summed E-state index contributed by atoms with van der Waals surface area (Å²) in [5.41, 5.74) is 9.20. The van der Waals surface area contributed by atoms with E-state index >= 15 is 4.39 Å². The van der Waals surface area contributed by atoms with Gasteiger partial charge in [0.15, 0.2) is 5.82 Å². The molecule has 3 aromatic heterocycles. The molecule has 9 heteroatoms. The highest BCUT2D eigenvalue weighted by molar-refractivity contribution is 5.98. The van der Waals surface area contributed by atoms with Gasteiger partial charge in [0.1, 0.15) is 17.0 Å². The van der Waals surface area contributed by atoms with Crippen LogP contribution in [0.15, 0.2) is 30.3 Å². The molecule has 1 unspecified atom stereocenters. The van der Waals surface area contributed by atoms with Crippen molar-refractivity contribution in [3.05, 3.63) is 41.7 Å². The van der Waals surface area contributed by atoms with E-state index in [1.807, 2.05) is 24.1 Å². The Balaban J connectivity index is 1.33. The zero-order valence-corrected chi connectivity index (χ0v) is 20.4. The summed E-state index contributed by atoms with van der Waals surface area (Å²) in [7, 11) is 3.43. The number of ether oxygens (including phenoxy) is 1. The van der Waals surface area contributed by atoms with Gasteiger partial charge >= 0.3 is 0 Å². The van der Waals surface area contributed by atoms with Crippen molar-refractivity contribution < 1.29 is 13.9 Å². The average Bonchev–Trinajstić information content (AvgIpc) is 3.28. The van der Waals surface area contributed by atoms with E-state index in [0.29, 0.717) is 46.7 Å². The van der Waals surface area contributed by atoms with Gasteiger partial charge in [-0.05, 0) is 61.8 Å². The van der Waals surface area contributed by atoms with Crippen LogP contribution in [-0.4, -0.2) is 55.6 Å².